The zero-order valence-corrected chi connectivity index (χ0v) is 11.0. The average molecular weight is 266 g/mol. The molecule has 0 saturated carbocycles. The first-order valence-corrected chi connectivity index (χ1v) is 5.65. The van der Waals surface area contributed by atoms with Crippen LogP contribution >= 0.6 is 32.6 Å². The van der Waals surface area contributed by atoms with E-state index in [-0.39, 0.29) is 16.3 Å². The molecule has 7 heteroatoms. The maximum Gasteiger partial charge on any atom is 0.276 e. The Morgan fingerprint density at radius 2 is 1.93 bits per heavy atom. The van der Waals surface area contributed by atoms with Crippen LogP contribution in [0.25, 0.3) is 0 Å². The molecule has 82 valence electrons. The van der Waals surface area contributed by atoms with Crippen LogP contribution in [0.4, 0.5) is 0 Å². The first-order chi connectivity index (χ1) is 7.09. The van der Waals surface area contributed by atoms with Crippen molar-refractivity contribution in [1.29, 1.82) is 0 Å². The fourth-order valence-electron chi connectivity index (χ4n) is 1.13. The third-order valence-electron chi connectivity index (χ3n) is 1.72. The lowest BCUT2D eigenvalue weighted by atomic mass is 10.3. The number of nitrogens with zero attached hydrogens (tertiary/aromatic N) is 3. The summed E-state index contributed by atoms with van der Waals surface area (Å²) in [6.45, 7) is 4.41. The molecule has 2 rings (SSSR count). The molecule has 1 aliphatic rings. The van der Waals surface area contributed by atoms with Gasteiger partial charge in [0.2, 0.25) is 5.28 Å². The summed E-state index contributed by atoms with van der Waals surface area (Å²) in [6, 6.07) is 0. The van der Waals surface area contributed by atoms with Crippen LogP contribution in [0.15, 0.2) is 0 Å². The molecule has 1 aromatic heterocycles. The predicted octanol–water partition coefficient (Wildman–Crippen LogP) is 2.56. The molecule has 0 N–H and O–H groups in total. The Hall–Kier alpha value is -0.440. The van der Waals surface area contributed by atoms with Crippen molar-refractivity contribution in [2.75, 3.05) is 0 Å². The van der Waals surface area contributed by atoms with Crippen molar-refractivity contribution < 1.29 is 4.79 Å². The van der Waals surface area contributed by atoms with E-state index in [1.54, 1.807) is 0 Å². The third-order valence-corrected chi connectivity index (χ3v) is 2.62. The van der Waals surface area contributed by atoms with Crippen molar-refractivity contribution in [3.63, 3.8) is 0 Å². The summed E-state index contributed by atoms with van der Waals surface area (Å²) in [7, 11) is 2.29. The van der Waals surface area contributed by atoms with Crippen LogP contribution in [0.2, 0.25) is 10.4 Å². The largest absolute Gasteiger partial charge is 0.317 e. The summed E-state index contributed by atoms with van der Waals surface area (Å²) in [6.07, 6.45) is 0. The van der Waals surface area contributed by atoms with Crippen LogP contribution in [0.3, 0.4) is 0 Å². The number of carbonyl (C=O) groups excluding carboxylic acids is 1. The lowest BCUT2D eigenvalue weighted by Crippen LogP contribution is -2.11. The quantitative estimate of drug-likeness (QED) is 0.412. The molecule has 1 amide bonds. The van der Waals surface area contributed by atoms with Crippen molar-refractivity contribution in [2.24, 2.45) is 0 Å². The van der Waals surface area contributed by atoms with Gasteiger partial charge in [-0.3, -0.25) is 4.79 Å². The van der Waals surface area contributed by atoms with Gasteiger partial charge >= 0.3 is 0 Å². The number of fused-ring (bicyclic) bond motifs is 1. The van der Waals surface area contributed by atoms with E-state index in [2.05, 4.69) is 19.4 Å². The molecule has 1 aromatic rings. The Balaban J connectivity index is 0.000000531. The van der Waals surface area contributed by atoms with Crippen LogP contribution < -0.4 is 0 Å². The molecule has 0 spiro atoms. The van der Waals surface area contributed by atoms with Crippen molar-refractivity contribution in [3.05, 3.63) is 21.7 Å². The fraction of sp³-hybridized carbons (Fsp3) is 0.375. The summed E-state index contributed by atoms with van der Waals surface area (Å²) in [5, 5.41) is 0.241. The monoisotopic (exact) mass is 265 g/mol. The topological polar surface area (TPSA) is 46.1 Å². The SMILES string of the molecule is CC.O=C1c2nc(Cl)nc(Cl)c2CN1P. The van der Waals surface area contributed by atoms with E-state index in [1.165, 1.54) is 4.67 Å². The number of hydrogen-bond acceptors (Lipinski definition) is 3. The molecule has 1 unspecified atom stereocenters. The van der Waals surface area contributed by atoms with E-state index in [0.717, 1.165) is 0 Å². The van der Waals surface area contributed by atoms with Gasteiger partial charge in [-0.05, 0) is 21.0 Å². The summed E-state index contributed by atoms with van der Waals surface area (Å²) in [5.41, 5.74) is 0.922. The van der Waals surface area contributed by atoms with Gasteiger partial charge in [0, 0.05) is 5.56 Å². The summed E-state index contributed by atoms with van der Waals surface area (Å²) < 4.78 is 1.43. The number of amides is 1. The molecule has 0 bridgehead atoms. The number of aromatic nitrogens is 2. The molecular weight excluding hydrogens is 256 g/mol. The minimum atomic E-state index is -0.203. The van der Waals surface area contributed by atoms with Crippen LogP contribution in [-0.4, -0.2) is 20.5 Å². The summed E-state index contributed by atoms with van der Waals surface area (Å²) in [5.74, 6) is -0.203. The van der Waals surface area contributed by atoms with E-state index < -0.39 is 0 Å². The number of halogens is 2. The number of rotatable bonds is 0. The zero-order chi connectivity index (χ0) is 11.6. The molecule has 0 fully saturated rings. The number of carbonyl (C=O) groups is 1. The Morgan fingerprint density at radius 3 is 2.53 bits per heavy atom. The lowest BCUT2D eigenvalue weighted by molar-refractivity contribution is 0.0884. The van der Waals surface area contributed by atoms with Gasteiger partial charge in [0.05, 0.1) is 6.54 Å². The third kappa shape index (κ3) is 2.39. The molecule has 0 aliphatic carbocycles. The first-order valence-electron chi connectivity index (χ1n) is 4.38. The van der Waals surface area contributed by atoms with E-state index in [0.29, 0.717) is 17.8 Å². The first kappa shape index (κ1) is 12.6. The second-order valence-corrected chi connectivity index (χ2v) is 3.86. The van der Waals surface area contributed by atoms with E-state index in [4.69, 9.17) is 23.2 Å². The van der Waals surface area contributed by atoms with Crippen molar-refractivity contribution >= 4 is 38.5 Å². The highest BCUT2D eigenvalue weighted by Gasteiger charge is 2.29. The molecular formula is C8H10Cl2N3OP. The second-order valence-electron chi connectivity index (χ2n) is 2.54. The second kappa shape index (κ2) is 5.06. The smallest absolute Gasteiger partial charge is 0.276 e. The maximum absolute atomic E-state index is 11.4. The van der Waals surface area contributed by atoms with E-state index in [1.807, 2.05) is 13.8 Å². The summed E-state index contributed by atoms with van der Waals surface area (Å²) in [4.78, 5) is 19.0. The number of hydrogen-bond donors (Lipinski definition) is 0. The van der Waals surface area contributed by atoms with Gasteiger partial charge < -0.3 is 4.67 Å². The highest BCUT2D eigenvalue weighted by Crippen LogP contribution is 2.29. The van der Waals surface area contributed by atoms with Gasteiger partial charge in [-0.25, -0.2) is 9.97 Å². The van der Waals surface area contributed by atoms with Gasteiger partial charge in [-0.1, -0.05) is 25.4 Å². The maximum atomic E-state index is 11.4. The van der Waals surface area contributed by atoms with Crippen LogP contribution in [0, 0.1) is 0 Å². The molecule has 4 nitrogen and oxygen atoms in total. The molecule has 2 heterocycles. The molecule has 0 radical (unpaired) electrons. The van der Waals surface area contributed by atoms with Crippen LogP contribution in [0.1, 0.15) is 29.9 Å². The van der Waals surface area contributed by atoms with E-state index >= 15 is 0 Å². The molecule has 1 aliphatic heterocycles. The predicted molar refractivity (Wildman–Crippen MR) is 63.0 cm³/mol. The standard InChI is InChI=1S/C6H4Cl2N3OP.C2H6/c7-4-2-1-11(13)5(12)3(2)9-6(8)10-4;1-2/h1,13H2;1-2H3. The Labute approximate surface area is 100 Å². The van der Waals surface area contributed by atoms with Gasteiger partial charge in [0.1, 0.15) is 10.8 Å². The van der Waals surface area contributed by atoms with E-state index in [9.17, 15) is 4.79 Å². The minimum absolute atomic E-state index is 0.00241. The zero-order valence-electron chi connectivity index (χ0n) is 8.29. The Bertz CT molecular complexity index is 400. The molecule has 0 aromatic carbocycles. The Kier molecular flexibility index (Phi) is 4.26. The van der Waals surface area contributed by atoms with Crippen LogP contribution in [-0.2, 0) is 6.54 Å². The molecule has 15 heavy (non-hydrogen) atoms. The normalized spacial score (nSPS) is 13.4. The van der Waals surface area contributed by atoms with Gasteiger partial charge in [-0.2, -0.15) is 0 Å². The van der Waals surface area contributed by atoms with Crippen LogP contribution in [0.5, 0.6) is 0 Å². The Morgan fingerprint density at radius 1 is 1.33 bits per heavy atom. The average Bonchev–Trinajstić information content (AvgIpc) is 2.49. The van der Waals surface area contributed by atoms with Gasteiger partial charge in [0.15, 0.2) is 0 Å². The van der Waals surface area contributed by atoms with Crippen molar-refractivity contribution in [3.8, 4) is 0 Å². The highest BCUT2D eigenvalue weighted by molar-refractivity contribution is 7.14. The van der Waals surface area contributed by atoms with Gasteiger partial charge in [-0.15, -0.1) is 0 Å². The molecule has 1 atom stereocenters. The summed E-state index contributed by atoms with van der Waals surface area (Å²) >= 11 is 11.3. The molecule has 0 saturated heterocycles. The van der Waals surface area contributed by atoms with Crippen molar-refractivity contribution in [1.82, 2.24) is 14.6 Å². The highest BCUT2D eigenvalue weighted by atomic mass is 35.5. The van der Waals surface area contributed by atoms with Gasteiger partial charge in [0.25, 0.3) is 5.91 Å². The minimum Gasteiger partial charge on any atom is -0.317 e. The fourth-order valence-corrected chi connectivity index (χ4v) is 1.87. The van der Waals surface area contributed by atoms with Crippen molar-refractivity contribution in [2.45, 2.75) is 20.4 Å². The lowest BCUT2D eigenvalue weighted by Gasteiger charge is -2.03.